The lowest BCUT2D eigenvalue weighted by atomic mass is 10.2. The molecule has 1 nitrogen and oxygen atoms in total. The van der Waals surface area contributed by atoms with Gasteiger partial charge in [0, 0.05) is 0 Å². The van der Waals surface area contributed by atoms with Crippen molar-refractivity contribution in [2.24, 2.45) is 4.99 Å². The zero-order chi connectivity index (χ0) is 9.40. The molecule has 1 aromatic carbocycles. The van der Waals surface area contributed by atoms with Crippen LogP contribution in [0.25, 0.3) is 6.08 Å². The third kappa shape index (κ3) is 2.70. The van der Waals surface area contributed by atoms with Crippen LogP contribution in [0.5, 0.6) is 0 Å². The van der Waals surface area contributed by atoms with Gasteiger partial charge in [0.2, 0.25) is 0 Å². The Morgan fingerprint density at radius 3 is 2.25 bits per heavy atom. The van der Waals surface area contributed by atoms with Crippen LogP contribution < -0.4 is 0 Å². The molecular weight excluding hydrogens is 146 g/mol. The van der Waals surface area contributed by atoms with Gasteiger partial charge in [0.25, 0.3) is 0 Å². The molecule has 0 aromatic heterocycles. The van der Waals surface area contributed by atoms with Crippen LogP contribution in [0.15, 0.2) is 35.8 Å². The van der Waals surface area contributed by atoms with E-state index >= 15 is 0 Å². The molecule has 0 heterocycles. The molecule has 0 unspecified atom stereocenters. The summed E-state index contributed by atoms with van der Waals surface area (Å²) in [5.74, 6) is 0. The third-order valence-corrected chi connectivity index (χ3v) is 1.33. The third-order valence-electron chi connectivity index (χ3n) is 1.33. The molecule has 0 atom stereocenters. The van der Waals surface area contributed by atoms with E-state index in [2.05, 4.69) is 18.3 Å². The minimum absolute atomic E-state index is 0.887. The van der Waals surface area contributed by atoms with Gasteiger partial charge >= 0.3 is 0 Å². The van der Waals surface area contributed by atoms with E-state index < -0.39 is 0 Å². The first-order chi connectivity index (χ1) is 5.88. The predicted molar refractivity (Wildman–Crippen MR) is 57.1 cm³/mol. The number of aliphatic imine (C=N–C) groups is 1. The van der Waals surface area contributed by atoms with Gasteiger partial charge in [-0.05, 0) is 18.3 Å². The number of hydrogen-bond donors (Lipinski definition) is 0. The van der Waals surface area contributed by atoms with Crippen molar-refractivity contribution < 1.29 is 0 Å². The summed E-state index contributed by atoms with van der Waals surface area (Å²) in [4.78, 5) is 3.82. The molecule has 0 spiro atoms. The van der Waals surface area contributed by atoms with E-state index in [1.54, 1.807) is 6.08 Å². The van der Waals surface area contributed by atoms with Crippen molar-refractivity contribution >= 4 is 18.5 Å². The molecule has 1 aromatic rings. The topological polar surface area (TPSA) is 12.4 Å². The zero-order valence-corrected chi connectivity index (χ0v) is 7.75. The van der Waals surface area contributed by atoms with E-state index in [0.717, 1.165) is 11.3 Å². The van der Waals surface area contributed by atoms with Crippen LogP contribution in [0.1, 0.15) is 19.4 Å². The van der Waals surface area contributed by atoms with E-state index in [1.807, 2.05) is 38.1 Å². The quantitative estimate of drug-likeness (QED) is 0.586. The summed E-state index contributed by atoms with van der Waals surface area (Å²) in [6.45, 7) is 11.1. The summed E-state index contributed by atoms with van der Waals surface area (Å²) in [5.41, 5.74) is 1.91. The second kappa shape index (κ2) is 6.35. The minimum atomic E-state index is 0.887. The maximum atomic E-state index is 3.82. The van der Waals surface area contributed by atoms with Crippen LogP contribution in [-0.4, -0.2) is 6.72 Å². The maximum absolute atomic E-state index is 3.82. The molecule has 0 saturated carbocycles. The highest BCUT2D eigenvalue weighted by molar-refractivity contribution is 5.64. The molecule has 0 aliphatic heterocycles. The summed E-state index contributed by atoms with van der Waals surface area (Å²) in [7, 11) is 0. The zero-order valence-electron chi connectivity index (χ0n) is 7.75. The molecule has 12 heavy (non-hydrogen) atoms. The largest absolute Gasteiger partial charge is 0.264 e. The second-order valence-electron chi connectivity index (χ2n) is 1.92. The van der Waals surface area contributed by atoms with Crippen molar-refractivity contribution in [1.29, 1.82) is 0 Å². The molecule has 0 aliphatic rings. The Balaban J connectivity index is 0.000000561. The van der Waals surface area contributed by atoms with Crippen molar-refractivity contribution in [2.75, 3.05) is 0 Å². The first kappa shape index (κ1) is 10.6. The number of nitrogens with zero attached hydrogens (tertiary/aromatic N) is 1. The molecule has 0 N–H and O–H groups in total. The second-order valence-corrected chi connectivity index (χ2v) is 1.92. The van der Waals surface area contributed by atoms with Crippen molar-refractivity contribution in [3.05, 3.63) is 36.4 Å². The lowest BCUT2D eigenvalue weighted by Crippen LogP contribution is -1.70. The van der Waals surface area contributed by atoms with Gasteiger partial charge in [-0.25, -0.2) is 0 Å². The fraction of sp³-hybridized carbons (Fsp3) is 0.182. The standard InChI is InChI=1S/C9H9N.C2H6/c1-3-8-6-4-5-7-9(8)10-2;1-2/h3-7H,1-2H2;1-2H3. The summed E-state index contributed by atoms with van der Waals surface area (Å²) in [6.07, 6.45) is 1.77. The van der Waals surface area contributed by atoms with E-state index in [1.165, 1.54) is 0 Å². The van der Waals surface area contributed by atoms with Crippen LogP contribution in [0.4, 0.5) is 5.69 Å². The van der Waals surface area contributed by atoms with Crippen LogP contribution in [0, 0.1) is 0 Å². The molecule has 1 rings (SSSR count). The van der Waals surface area contributed by atoms with Gasteiger partial charge in [0.15, 0.2) is 0 Å². The fourth-order valence-corrected chi connectivity index (χ4v) is 0.804. The average molecular weight is 161 g/mol. The van der Waals surface area contributed by atoms with E-state index in [9.17, 15) is 0 Å². The number of benzene rings is 1. The number of para-hydroxylation sites is 1. The molecule has 0 bridgehead atoms. The molecule has 0 fully saturated rings. The lowest BCUT2D eigenvalue weighted by molar-refractivity contribution is 1.50. The van der Waals surface area contributed by atoms with Gasteiger partial charge in [-0.2, -0.15) is 0 Å². The van der Waals surface area contributed by atoms with Crippen molar-refractivity contribution in [3.8, 4) is 0 Å². The maximum Gasteiger partial charge on any atom is 0.0694 e. The van der Waals surface area contributed by atoms with Crippen LogP contribution in [0.3, 0.4) is 0 Å². The highest BCUT2D eigenvalue weighted by Crippen LogP contribution is 2.17. The summed E-state index contributed by atoms with van der Waals surface area (Å²) < 4.78 is 0. The first-order valence-corrected chi connectivity index (χ1v) is 4.06. The van der Waals surface area contributed by atoms with Gasteiger partial charge in [-0.15, -0.1) is 0 Å². The van der Waals surface area contributed by atoms with E-state index in [-0.39, 0.29) is 0 Å². The Morgan fingerprint density at radius 1 is 1.25 bits per heavy atom. The average Bonchev–Trinajstić information content (AvgIpc) is 2.20. The van der Waals surface area contributed by atoms with Crippen LogP contribution in [-0.2, 0) is 0 Å². The first-order valence-electron chi connectivity index (χ1n) is 4.06. The van der Waals surface area contributed by atoms with Gasteiger partial charge in [0.05, 0.1) is 5.69 Å². The molecule has 0 radical (unpaired) electrons. The lowest BCUT2D eigenvalue weighted by Gasteiger charge is -1.95. The molecule has 0 amide bonds. The Morgan fingerprint density at radius 2 is 1.83 bits per heavy atom. The summed E-state index contributed by atoms with van der Waals surface area (Å²) >= 11 is 0. The highest BCUT2D eigenvalue weighted by Gasteiger charge is 1.90. The minimum Gasteiger partial charge on any atom is -0.264 e. The summed E-state index contributed by atoms with van der Waals surface area (Å²) in [5, 5.41) is 0. The normalized spacial score (nSPS) is 7.83. The summed E-state index contributed by atoms with van der Waals surface area (Å²) in [6, 6.07) is 7.74. The van der Waals surface area contributed by atoms with Crippen molar-refractivity contribution in [1.82, 2.24) is 0 Å². The number of hydrogen-bond acceptors (Lipinski definition) is 1. The molecule has 0 saturated heterocycles. The Hall–Kier alpha value is -1.37. The molecule has 64 valence electrons. The molecule has 1 heteroatoms. The van der Waals surface area contributed by atoms with Gasteiger partial charge in [-0.1, -0.05) is 44.7 Å². The Kier molecular flexibility index (Phi) is 5.62. The van der Waals surface area contributed by atoms with Crippen LogP contribution in [0.2, 0.25) is 0 Å². The van der Waals surface area contributed by atoms with E-state index in [4.69, 9.17) is 0 Å². The van der Waals surface area contributed by atoms with E-state index in [0.29, 0.717) is 0 Å². The fourth-order valence-electron chi connectivity index (χ4n) is 0.804. The monoisotopic (exact) mass is 161 g/mol. The Labute approximate surface area is 74.5 Å². The van der Waals surface area contributed by atoms with Gasteiger partial charge in [0.1, 0.15) is 0 Å². The van der Waals surface area contributed by atoms with Crippen LogP contribution >= 0.6 is 0 Å². The molecule has 0 aliphatic carbocycles. The van der Waals surface area contributed by atoms with Crippen molar-refractivity contribution in [3.63, 3.8) is 0 Å². The smallest absolute Gasteiger partial charge is 0.0694 e. The SMILES string of the molecule is C=Cc1ccccc1N=C.CC. The Bertz CT molecular complexity index is 224. The predicted octanol–water partition coefficient (Wildman–Crippen LogP) is 3.69. The number of rotatable bonds is 2. The molecular formula is C11H15N. The highest BCUT2D eigenvalue weighted by atomic mass is 14.7. The van der Waals surface area contributed by atoms with Gasteiger partial charge < -0.3 is 0 Å². The van der Waals surface area contributed by atoms with Crippen molar-refractivity contribution in [2.45, 2.75) is 13.8 Å². The van der Waals surface area contributed by atoms with Gasteiger partial charge in [-0.3, -0.25) is 4.99 Å².